The van der Waals surface area contributed by atoms with Crippen LogP contribution in [-0.2, 0) is 29.0 Å². The number of ketones is 1. The van der Waals surface area contributed by atoms with Crippen LogP contribution in [0.3, 0.4) is 0 Å². The number of urea groups is 1. The fourth-order valence-electron chi connectivity index (χ4n) is 7.39. The minimum Gasteiger partial charge on any atom is -0.349 e. The second-order valence-electron chi connectivity index (χ2n) is 15.3. The predicted octanol–water partition coefficient (Wildman–Crippen LogP) is 2.70. The van der Waals surface area contributed by atoms with Gasteiger partial charge in [0, 0.05) is 18.8 Å². The maximum atomic E-state index is 14.3. The summed E-state index contributed by atoms with van der Waals surface area (Å²) in [7, 11) is -3.38. The Morgan fingerprint density at radius 2 is 1.57 bits per heavy atom. The van der Waals surface area contributed by atoms with Crippen LogP contribution in [0.15, 0.2) is 0 Å². The first-order valence-electron chi connectivity index (χ1n) is 17.1. The molecule has 0 spiro atoms. The number of hydrogen-bond acceptors (Lipinski definition) is 7. The maximum absolute atomic E-state index is 14.3. The minimum absolute atomic E-state index is 0.0215. The summed E-state index contributed by atoms with van der Waals surface area (Å²) in [5.41, 5.74) is -1.85. The number of fused-ring (bicyclic) bond motifs is 1. The molecule has 1 unspecified atom stereocenters. The van der Waals surface area contributed by atoms with Gasteiger partial charge in [-0.05, 0) is 48.3 Å². The third-order valence-corrected chi connectivity index (χ3v) is 12.1. The Morgan fingerprint density at radius 1 is 0.935 bits per heavy atom. The summed E-state index contributed by atoms with van der Waals surface area (Å²) in [4.78, 5) is 68.8. The molecular weight excluding hydrogens is 610 g/mol. The molecule has 3 rings (SSSR count). The van der Waals surface area contributed by atoms with Crippen LogP contribution in [0.1, 0.15) is 107 Å². The number of carbonyl (C=O) groups excluding carboxylic acids is 5. The van der Waals surface area contributed by atoms with Gasteiger partial charge < -0.3 is 26.2 Å². The van der Waals surface area contributed by atoms with E-state index < -0.39 is 68.5 Å². The Hall–Kier alpha value is -2.70. The van der Waals surface area contributed by atoms with Crippen LogP contribution in [0.5, 0.6) is 0 Å². The van der Waals surface area contributed by atoms with E-state index in [2.05, 4.69) is 35.1 Å². The molecule has 5 amide bonds. The molecule has 4 N–H and O–H groups in total. The van der Waals surface area contributed by atoms with Gasteiger partial charge in [-0.15, -0.1) is 0 Å². The third kappa shape index (κ3) is 8.60. The molecule has 12 nitrogen and oxygen atoms in total. The van der Waals surface area contributed by atoms with E-state index in [1.54, 1.807) is 6.92 Å². The van der Waals surface area contributed by atoms with Gasteiger partial charge in [0.2, 0.25) is 17.6 Å². The van der Waals surface area contributed by atoms with Gasteiger partial charge in [-0.2, -0.15) is 0 Å². The molecule has 46 heavy (non-hydrogen) atoms. The predicted molar refractivity (Wildman–Crippen MR) is 176 cm³/mol. The molecule has 0 aromatic carbocycles. The molecule has 1 aliphatic heterocycles. The molecule has 0 bridgehead atoms. The summed E-state index contributed by atoms with van der Waals surface area (Å²) >= 11 is 0. The van der Waals surface area contributed by atoms with Crippen LogP contribution in [0.25, 0.3) is 0 Å². The van der Waals surface area contributed by atoms with Crippen molar-refractivity contribution in [3.8, 4) is 0 Å². The van der Waals surface area contributed by atoms with Crippen LogP contribution in [0, 0.1) is 22.7 Å². The number of carbonyl (C=O) groups is 5. The van der Waals surface area contributed by atoms with Crippen molar-refractivity contribution in [3.63, 3.8) is 0 Å². The van der Waals surface area contributed by atoms with Crippen molar-refractivity contribution in [3.05, 3.63) is 0 Å². The zero-order valence-electron chi connectivity index (χ0n) is 29.1. The first kappa shape index (κ1) is 37.8. The largest absolute Gasteiger partial charge is 0.349 e. The first-order valence-corrected chi connectivity index (χ1v) is 18.9. The van der Waals surface area contributed by atoms with Crippen molar-refractivity contribution in [2.45, 2.75) is 130 Å². The van der Waals surface area contributed by atoms with E-state index in [1.165, 1.54) is 4.90 Å². The van der Waals surface area contributed by atoms with E-state index in [-0.39, 0.29) is 35.2 Å². The third-order valence-electron chi connectivity index (χ3n) is 10.2. The van der Waals surface area contributed by atoms with E-state index >= 15 is 0 Å². The fourth-order valence-corrected chi connectivity index (χ4v) is 8.80. The van der Waals surface area contributed by atoms with Crippen LogP contribution in [0.4, 0.5) is 4.79 Å². The van der Waals surface area contributed by atoms with Crippen molar-refractivity contribution in [2.24, 2.45) is 22.7 Å². The topological polar surface area (TPSA) is 171 Å². The molecule has 3 aliphatic rings. The number of Topliss-reactive ketones (excluding diaryl/α,β-unsaturated/α-hetero) is 1. The summed E-state index contributed by atoms with van der Waals surface area (Å²) in [6.45, 7) is 15.6. The van der Waals surface area contributed by atoms with Crippen molar-refractivity contribution in [1.29, 1.82) is 0 Å². The zero-order chi connectivity index (χ0) is 34.7. The van der Waals surface area contributed by atoms with Gasteiger partial charge >= 0.3 is 6.03 Å². The lowest BCUT2D eigenvalue weighted by Gasteiger charge is -2.40. The summed E-state index contributed by atoms with van der Waals surface area (Å²) in [6.07, 6.45) is 5.15. The van der Waals surface area contributed by atoms with Crippen LogP contribution in [-0.4, -0.2) is 91.1 Å². The SMILES string of the molecule is CCCNC(=O)C(=O)C(CCC)NC(=O)[C@@H]1[C@@H]2[C@H](CN1C(=O)[C@@H](NC(=O)NC1(CS(=O)(=O)CC)CCCCC1)C(C)(C)C)C2(C)C. The average Bonchev–Trinajstić information content (AvgIpc) is 3.28. The van der Waals surface area contributed by atoms with Crippen molar-refractivity contribution >= 4 is 39.4 Å². The normalized spacial score (nSPS) is 24.6. The van der Waals surface area contributed by atoms with Gasteiger partial charge in [-0.1, -0.05) is 81.1 Å². The van der Waals surface area contributed by atoms with Crippen LogP contribution < -0.4 is 21.3 Å². The molecule has 1 heterocycles. The lowest BCUT2D eigenvalue weighted by molar-refractivity contribution is -0.145. The number of nitrogens with zero attached hydrogens (tertiary/aromatic N) is 1. The number of piperidine rings is 1. The number of sulfone groups is 1. The molecule has 0 aromatic heterocycles. The molecule has 13 heteroatoms. The first-order chi connectivity index (χ1) is 21.3. The van der Waals surface area contributed by atoms with Crippen molar-refractivity contribution < 1.29 is 32.4 Å². The summed E-state index contributed by atoms with van der Waals surface area (Å²) in [6, 6.07) is -3.51. The van der Waals surface area contributed by atoms with Gasteiger partial charge in [0.15, 0.2) is 9.84 Å². The number of rotatable bonds is 14. The molecule has 2 saturated carbocycles. The Morgan fingerprint density at radius 3 is 2.11 bits per heavy atom. The molecular formula is C33H57N5O7S. The molecule has 0 radical (unpaired) electrons. The van der Waals surface area contributed by atoms with E-state index in [1.807, 2.05) is 34.6 Å². The lowest BCUT2D eigenvalue weighted by Crippen LogP contribution is -2.64. The van der Waals surface area contributed by atoms with Gasteiger partial charge in [0.25, 0.3) is 5.91 Å². The van der Waals surface area contributed by atoms with E-state index in [0.717, 1.165) is 19.3 Å². The highest BCUT2D eigenvalue weighted by Gasteiger charge is 2.70. The summed E-state index contributed by atoms with van der Waals surface area (Å²) < 4.78 is 25.3. The molecule has 3 fully saturated rings. The minimum atomic E-state index is -3.38. The van der Waals surface area contributed by atoms with Crippen LogP contribution >= 0.6 is 0 Å². The smallest absolute Gasteiger partial charge is 0.315 e. The van der Waals surface area contributed by atoms with E-state index in [9.17, 15) is 32.4 Å². The number of amides is 5. The highest BCUT2D eigenvalue weighted by atomic mass is 32.2. The Balaban J connectivity index is 1.83. The maximum Gasteiger partial charge on any atom is 0.315 e. The summed E-state index contributed by atoms with van der Waals surface area (Å²) in [5.74, 6) is -2.59. The molecule has 2 aliphatic carbocycles. The monoisotopic (exact) mass is 667 g/mol. The van der Waals surface area contributed by atoms with E-state index in [4.69, 9.17) is 0 Å². The van der Waals surface area contributed by atoms with Crippen LogP contribution in [0.2, 0.25) is 0 Å². The molecule has 262 valence electrons. The average molecular weight is 668 g/mol. The molecule has 0 aromatic rings. The lowest BCUT2D eigenvalue weighted by atomic mass is 9.83. The van der Waals surface area contributed by atoms with Crippen molar-refractivity contribution in [2.75, 3.05) is 24.6 Å². The molecule has 1 saturated heterocycles. The number of hydrogen-bond donors (Lipinski definition) is 4. The zero-order valence-corrected chi connectivity index (χ0v) is 29.9. The van der Waals surface area contributed by atoms with Gasteiger partial charge in [-0.3, -0.25) is 19.2 Å². The fraction of sp³-hybridized carbons (Fsp3) is 0.848. The van der Waals surface area contributed by atoms with Gasteiger partial charge in [-0.25, -0.2) is 13.2 Å². The quantitative estimate of drug-likeness (QED) is 0.206. The van der Waals surface area contributed by atoms with Gasteiger partial charge in [0.1, 0.15) is 12.1 Å². The Kier molecular flexibility index (Phi) is 12.0. The standard InChI is InChI=1S/C33H57N5O7S/c1-9-15-22(25(39)28(41)34-18-10-2)35-27(40)24-23-21(32(23,7)8)19-38(24)29(42)26(31(4,5)6)36-30(43)37-33(16-13-12-14-17-33)20-46(44,45)11-3/h21-24,26H,9-20H2,1-8H3,(H,34,41)(H,35,40)(H2,36,37,43)/t21-,22?,23-,24-,26+/m0/s1. The second kappa shape index (κ2) is 14.6. The second-order valence-corrected chi connectivity index (χ2v) is 17.6. The number of likely N-dealkylation sites (tertiary alicyclic amines) is 1. The summed E-state index contributed by atoms with van der Waals surface area (Å²) in [5, 5.41) is 11.2. The number of nitrogens with one attached hydrogen (secondary N) is 4. The van der Waals surface area contributed by atoms with Crippen molar-refractivity contribution in [1.82, 2.24) is 26.2 Å². The molecule has 5 atom stereocenters. The van der Waals surface area contributed by atoms with Gasteiger partial charge in [0.05, 0.1) is 17.3 Å². The highest BCUT2D eigenvalue weighted by Crippen LogP contribution is 2.65. The van der Waals surface area contributed by atoms with E-state index in [0.29, 0.717) is 38.8 Å². The Labute approximate surface area is 275 Å². The highest BCUT2D eigenvalue weighted by molar-refractivity contribution is 7.91. The Bertz CT molecular complexity index is 1270.